The lowest BCUT2D eigenvalue weighted by atomic mass is 10.1. The highest BCUT2D eigenvalue weighted by atomic mass is 79.9. The summed E-state index contributed by atoms with van der Waals surface area (Å²) in [5, 5.41) is 3.20. The number of fused-ring (bicyclic) bond motifs is 1. The number of nitrogens with one attached hydrogen (secondary N) is 1. The molecule has 0 fully saturated rings. The maximum Gasteiger partial charge on any atom is 0.291 e. The van der Waals surface area contributed by atoms with Gasteiger partial charge in [-0.2, -0.15) is 0 Å². The molecular weight excluding hydrogens is 358 g/mol. The zero-order valence-electron chi connectivity index (χ0n) is 12.4. The number of rotatable bonds is 3. The first-order valence-corrected chi connectivity index (χ1v) is 8.00. The summed E-state index contributed by atoms with van der Waals surface area (Å²) < 4.78 is 6.49. The third-order valence-corrected chi connectivity index (χ3v) is 4.05. The van der Waals surface area contributed by atoms with Crippen molar-refractivity contribution in [1.82, 2.24) is 0 Å². The van der Waals surface area contributed by atoms with Gasteiger partial charge >= 0.3 is 0 Å². The molecule has 4 nitrogen and oxygen atoms in total. The van der Waals surface area contributed by atoms with Crippen LogP contribution in [0.4, 0.5) is 5.69 Å². The van der Waals surface area contributed by atoms with Gasteiger partial charge in [0.15, 0.2) is 11.2 Å². The van der Waals surface area contributed by atoms with Crippen molar-refractivity contribution >= 4 is 38.5 Å². The van der Waals surface area contributed by atoms with Crippen LogP contribution in [0.5, 0.6) is 0 Å². The summed E-state index contributed by atoms with van der Waals surface area (Å²) in [6.07, 6.45) is 0.835. The molecule has 1 aromatic heterocycles. The molecule has 0 unspecified atom stereocenters. The Morgan fingerprint density at radius 2 is 1.87 bits per heavy atom. The van der Waals surface area contributed by atoms with Gasteiger partial charge in [-0.05, 0) is 48.4 Å². The number of carbonyl (C=O) groups is 1. The Balaban J connectivity index is 1.94. The first-order valence-electron chi connectivity index (χ1n) is 7.20. The zero-order chi connectivity index (χ0) is 16.4. The second kappa shape index (κ2) is 6.38. The van der Waals surface area contributed by atoms with Crippen molar-refractivity contribution in [3.63, 3.8) is 0 Å². The maximum absolute atomic E-state index is 12.3. The third-order valence-electron chi connectivity index (χ3n) is 3.53. The van der Waals surface area contributed by atoms with E-state index < -0.39 is 5.91 Å². The van der Waals surface area contributed by atoms with Crippen LogP contribution in [0.15, 0.2) is 62.2 Å². The summed E-state index contributed by atoms with van der Waals surface area (Å²) in [6.45, 7) is 2.02. The Hall–Kier alpha value is -2.40. The second-order valence-electron chi connectivity index (χ2n) is 5.12. The number of amides is 1. The Kier molecular flexibility index (Phi) is 4.30. The van der Waals surface area contributed by atoms with Crippen LogP contribution in [-0.2, 0) is 6.42 Å². The van der Waals surface area contributed by atoms with Gasteiger partial charge in [0.25, 0.3) is 5.91 Å². The van der Waals surface area contributed by atoms with Crippen LogP contribution >= 0.6 is 15.9 Å². The first kappa shape index (κ1) is 15.5. The standard InChI is InChI=1S/C18H14BrNO3/c1-2-11-3-8-16-14(9-11)15(21)10-17(23-16)18(22)20-13-6-4-12(19)5-7-13/h3-10H,2H2,1H3,(H,20,22). The predicted octanol–water partition coefficient (Wildman–Crippen LogP) is 4.37. The third kappa shape index (κ3) is 3.35. The Morgan fingerprint density at radius 3 is 2.57 bits per heavy atom. The summed E-state index contributed by atoms with van der Waals surface area (Å²) in [6, 6.07) is 13.8. The van der Waals surface area contributed by atoms with E-state index in [1.54, 1.807) is 24.3 Å². The van der Waals surface area contributed by atoms with E-state index in [1.807, 2.05) is 25.1 Å². The highest BCUT2D eigenvalue weighted by Gasteiger charge is 2.13. The van der Waals surface area contributed by atoms with Crippen LogP contribution in [0, 0.1) is 0 Å². The SMILES string of the molecule is CCc1ccc2oc(C(=O)Nc3ccc(Br)cc3)cc(=O)c2c1. The van der Waals surface area contributed by atoms with Crippen LogP contribution in [0.3, 0.4) is 0 Å². The van der Waals surface area contributed by atoms with Gasteiger partial charge in [0.2, 0.25) is 0 Å². The molecule has 116 valence electrons. The lowest BCUT2D eigenvalue weighted by Crippen LogP contribution is -2.15. The van der Waals surface area contributed by atoms with Gasteiger partial charge in [0, 0.05) is 16.2 Å². The molecule has 0 bridgehead atoms. The van der Waals surface area contributed by atoms with Gasteiger partial charge in [-0.25, -0.2) is 0 Å². The topological polar surface area (TPSA) is 59.3 Å². The van der Waals surface area contributed by atoms with Crippen molar-refractivity contribution in [2.45, 2.75) is 13.3 Å². The van der Waals surface area contributed by atoms with Gasteiger partial charge < -0.3 is 9.73 Å². The highest BCUT2D eigenvalue weighted by molar-refractivity contribution is 9.10. The van der Waals surface area contributed by atoms with Gasteiger partial charge in [-0.3, -0.25) is 9.59 Å². The van der Waals surface area contributed by atoms with E-state index in [1.165, 1.54) is 6.07 Å². The second-order valence-corrected chi connectivity index (χ2v) is 6.04. The fourth-order valence-corrected chi connectivity index (χ4v) is 2.53. The number of hydrogen-bond acceptors (Lipinski definition) is 3. The molecule has 0 aliphatic carbocycles. The van der Waals surface area contributed by atoms with E-state index in [9.17, 15) is 9.59 Å². The van der Waals surface area contributed by atoms with Crippen LogP contribution in [0.25, 0.3) is 11.0 Å². The minimum absolute atomic E-state index is 0.00494. The fourth-order valence-electron chi connectivity index (χ4n) is 2.26. The molecule has 1 heterocycles. The van der Waals surface area contributed by atoms with E-state index in [0.29, 0.717) is 16.7 Å². The molecule has 2 aromatic carbocycles. The lowest BCUT2D eigenvalue weighted by Gasteiger charge is -2.06. The molecular formula is C18H14BrNO3. The van der Waals surface area contributed by atoms with E-state index in [2.05, 4.69) is 21.2 Å². The van der Waals surface area contributed by atoms with Crippen LogP contribution < -0.4 is 10.7 Å². The summed E-state index contributed by atoms with van der Waals surface area (Å²) in [5.74, 6) is -0.458. The average Bonchev–Trinajstić information content (AvgIpc) is 2.56. The molecule has 1 N–H and O–H groups in total. The molecule has 3 rings (SSSR count). The number of carbonyl (C=O) groups excluding carboxylic acids is 1. The highest BCUT2D eigenvalue weighted by Crippen LogP contribution is 2.17. The predicted molar refractivity (Wildman–Crippen MR) is 94.0 cm³/mol. The van der Waals surface area contributed by atoms with Crippen molar-refractivity contribution in [3.8, 4) is 0 Å². The monoisotopic (exact) mass is 371 g/mol. The molecule has 5 heteroatoms. The van der Waals surface area contributed by atoms with Crippen molar-refractivity contribution in [3.05, 3.63) is 74.6 Å². The molecule has 0 saturated heterocycles. The number of anilines is 1. The van der Waals surface area contributed by atoms with Gasteiger partial charge in [0.05, 0.1) is 5.39 Å². The fraction of sp³-hybridized carbons (Fsp3) is 0.111. The average molecular weight is 372 g/mol. The summed E-state index contributed by atoms with van der Waals surface area (Å²) >= 11 is 3.33. The summed E-state index contributed by atoms with van der Waals surface area (Å²) in [4.78, 5) is 24.5. The molecule has 0 aliphatic rings. The van der Waals surface area contributed by atoms with Gasteiger partial charge in [0.1, 0.15) is 5.58 Å². The molecule has 0 aliphatic heterocycles. The van der Waals surface area contributed by atoms with Crippen molar-refractivity contribution in [2.24, 2.45) is 0 Å². The molecule has 0 atom stereocenters. The normalized spacial score (nSPS) is 10.7. The Morgan fingerprint density at radius 1 is 1.13 bits per heavy atom. The lowest BCUT2D eigenvalue weighted by molar-refractivity contribution is 0.0997. The van der Waals surface area contributed by atoms with E-state index >= 15 is 0 Å². The summed E-state index contributed by atoms with van der Waals surface area (Å²) in [5.41, 5.74) is 1.87. The van der Waals surface area contributed by atoms with Crippen LogP contribution in [0.1, 0.15) is 23.0 Å². The first-order chi connectivity index (χ1) is 11.1. The van der Waals surface area contributed by atoms with Gasteiger partial charge in [-0.15, -0.1) is 0 Å². The smallest absolute Gasteiger partial charge is 0.291 e. The number of aryl methyl sites for hydroxylation is 1. The molecule has 0 radical (unpaired) electrons. The molecule has 1 amide bonds. The van der Waals surface area contributed by atoms with Crippen LogP contribution in [-0.4, -0.2) is 5.91 Å². The van der Waals surface area contributed by atoms with Crippen LogP contribution in [0.2, 0.25) is 0 Å². The van der Waals surface area contributed by atoms with Gasteiger partial charge in [-0.1, -0.05) is 28.9 Å². The number of benzene rings is 2. The molecule has 0 saturated carbocycles. The number of halogens is 1. The Bertz CT molecular complexity index is 929. The molecule has 3 aromatic rings. The minimum atomic E-state index is -0.453. The van der Waals surface area contributed by atoms with Crippen molar-refractivity contribution in [2.75, 3.05) is 5.32 Å². The molecule has 23 heavy (non-hydrogen) atoms. The number of hydrogen-bond donors (Lipinski definition) is 1. The zero-order valence-corrected chi connectivity index (χ0v) is 14.0. The van der Waals surface area contributed by atoms with E-state index in [0.717, 1.165) is 16.5 Å². The maximum atomic E-state index is 12.3. The minimum Gasteiger partial charge on any atom is -0.451 e. The largest absolute Gasteiger partial charge is 0.451 e. The quantitative estimate of drug-likeness (QED) is 0.743. The molecule has 0 spiro atoms. The van der Waals surface area contributed by atoms with E-state index in [-0.39, 0.29) is 11.2 Å². The van der Waals surface area contributed by atoms with E-state index in [4.69, 9.17) is 4.42 Å². The summed E-state index contributed by atoms with van der Waals surface area (Å²) in [7, 11) is 0. The van der Waals surface area contributed by atoms with Crippen molar-refractivity contribution < 1.29 is 9.21 Å². The Labute approximate surface area is 141 Å². The van der Waals surface area contributed by atoms with Crippen molar-refractivity contribution in [1.29, 1.82) is 0 Å².